The summed E-state index contributed by atoms with van der Waals surface area (Å²) in [6.45, 7) is 8.35. The van der Waals surface area contributed by atoms with Crippen molar-refractivity contribution in [3.8, 4) is 0 Å². The van der Waals surface area contributed by atoms with E-state index in [1.54, 1.807) is 0 Å². The fraction of sp³-hybridized carbons (Fsp3) is 1.00. The second-order valence-corrected chi connectivity index (χ2v) is 4.21. The Bertz CT molecular complexity index is 172. The molecule has 1 atom stereocenters. The molecular weight excluding hydrogens is 252 g/mol. The maximum Gasteiger partial charge on any atom is 0.0781 e. The molecule has 1 aliphatic rings. The highest BCUT2D eigenvalue weighted by molar-refractivity contribution is 4.47. The molecular formula is C13H26O6. The normalized spacial score (nSPS) is 27.3. The molecule has 0 saturated carbocycles. The number of ether oxygens (including phenoxy) is 6. The van der Waals surface area contributed by atoms with Gasteiger partial charge in [-0.3, -0.25) is 0 Å². The van der Waals surface area contributed by atoms with Crippen LogP contribution in [-0.4, -0.2) is 78.8 Å². The predicted octanol–water partition coefficient (Wildman–Crippen LogP) is 0.488. The van der Waals surface area contributed by atoms with Crippen molar-refractivity contribution in [3.63, 3.8) is 0 Å². The molecule has 6 heteroatoms. The monoisotopic (exact) mass is 278 g/mol. The van der Waals surface area contributed by atoms with Crippen molar-refractivity contribution >= 4 is 0 Å². The van der Waals surface area contributed by atoms with Crippen molar-refractivity contribution in [2.24, 2.45) is 0 Å². The zero-order chi connectivity index (χ0) is 13.6. The van der Waals surface area contributed by atoms with Crippen LogP contribution >= 0.6 is 0 Å². The summed E-state index contributed by atoms with van der Waals surface area (Å²) in [6.07, 6.45) is 0.0714. The molecule has 0 aliphatic carbocycles. The van der Waals surface area contributed by atoms with Gasteiger partial charge < -0.3 is 28.4 Å². The van der Waals surface area contributed by atoms with Crippen LogP contribution in [0, 0.1) is 0 Å². The Hall–Kier alpha value is -0.240. The number of hydrogen-bond donors (Lipinski definition) is 0. The van der Waals surface area contributed by atoms with Crippen molar-refractivity contribution < 1.29 is 28.4 Å². The van der Waals surface area contributed by atoms with Crippen LogP contribution in [0.15, 0.2) is 0 Å². The molecule has 1 saturated heterocycles. The molecule has 1 unspecified atom stereocenters. The molecule has 0 bridgehead atoms. The maximum absolute atomic E-state index is 5.54. The highest BCUT2D eigenvalue weighted by Crippen LogP contribution is 1.93. The van der Waals surface area contributed by atoms with Gasteiger partial charge in [-0.25, -0.2) is 0 Å². The van der Waals surface area contributed by atoms with E-state index in [1.807, 2.05) is 6.92 Å². The molecule has 1 fully saturated rings. The topological polar surface area (TPSA) is 55.4 Å². The van der Waals surface area contributed by atoms with Gasteiger partial charge in [-0.15, -0.1) is 0 Å². The van der Waals surface area contributed by atoms with E-state index >= 15 is 0 Å². The van der Waals surface area contributed by atoms with Gasteiger partial charge in [-0.2, -0.15) is 0 Å². The fourth-order valence-corrected chi connectivity index (χ4v) is 1.49. The number of rotatable bonds is 0. The molecule has 1 rings (SSSR count). The SMILES string of the molecule is CC1COCCOCCOCCOCCOCCO1. The molecule has 6 nitrogen and oxygen atoms in total. The number of hydrogen-bond acceptors (Lipinski definition) is 6. The molecule has 0 aromatic rings. The first kappa shape index (κ1) is 16.8. The molecule has 114 valence electrons. The molecule has 0 amide bonds. The average molecular weight is 278 g/mol. The summed E-state index contributed by atoms with van der Waals surface area (Å²) in [5.74, 6) is 0. The molecule has 0 radical (unpaired) electrons. The van der Waals surface area contributed by atoms with Crippen LogP contribution < -0.4 is 0 Å². The van der Waals surface area contributed by atoms with Crippen molar-refractivity contribution in [1.29, 1.82) is 0 Å². The molecule has 0 aromatic carbocycles. The molecule has 0 N–H and O–H groups in total. The van der Waals surface area contributed by atoms with Gasteiger partial charge in [-0.05, 0) is 6.92 Å². The Morgan fingerprint density at radius 3 is 1.37 bits per heavy atom. The largest absolute Gasteiger partial charge is 0.377 e. The molecule has 0 spiro atoms. The molecule has 19 heavy (non-hydrogen) atoms. The zero-order valence-corrected chi connectivity index (χ0v) is 11.8. The van der Waals surface area contributed by atoms with E-state index in [2.05, 4.69) is 0 Å². The molecule has 1 aliphatic heterocycles. The maximum atomic E-state index is 5.54. The third-order valence-corrected chi connectivity index (χ3v) is 2.47. The summed E-state index contributed by atoms with van der Waals surface area (Å²) in [5, 5.41) is 0. The van der Waals surface area contributed by atoms with Gasteiger partial charge in [0.1, 0.15) is 0 Å². The van der Waals surface area contributed by atoms with Gasteiger partial charge >= 0.3 is 0 Å². The summed E-state index contributed by atoms with van der Waals surface area (Å²) in [5.41, 5.74) is 0. The van der Waals surface area contributed by atoms with E-state index < -0.39 is 0 Å². The lowest BCUT2D eigenvalue weighted by molar-refractivity contribution is -0.0550. The zero-order valence-electron chi connectivity index (χ0n) is 11.8. The van der Waals surface area contributed by atoms with Crippen LogP contribution in [0.4, 0.5) is 0 Å². The van der Waals surface area contributed by atoms with Gasteiger partial charge in [0.15, 0.2) is 0 Å². The van der Waals surface area contributed by atoms with Crippen LogP contribution in [0.5, 0.6) is 0 Å². The predicted molar refractivity (Wildman–Crippen MR) is 69.5 cm³/mol. The minimum Gasteiger partial charge on any atom is -0.377 e. The highest BCUT2D eigenvalue weighted by Gasteiger charge is 2.02. The van der Waals surface area contributed by atoms with Crippen LogP contribution in [0.25, 0.3) is 0 Å². The van der Waals surface area contributed by atoms with Crippen LogP contribution in [-0.2, 0) is 28.4 Å². The van der Waals surface area contributed by atoms with Crippen LogP contribution in [0.1, 0.15) is 6.92 Å². The smallest absolute Gasteiger partial charge is 0.0781 e. The lowest BCUT2D eigenvalue weighted by Gasteiger charge is -2.14. The van der Waals surface area contributed by atoms with E-state index in [0.717, 1.165) is 0 Å². The quantitative estimate of drug-likeness (QED) is 0.643. The Balaban J connectivity index is 2.08. The first-order chi connectivity index (χ1) is 9.39. The Labute approximate surface area is 115 Å². The molecule has 1 heterocycles. The Morgan fingerprint density at radius 1 is 0.526 bits per heavy atom. The van der Waals surface area contributed by atoms with Crippen molar-refractivity contribution in [3.05, 3.63) is 0 Å². The van der Waals surface area contributed by atoms with Crippen molar-refractivity contribution in [1.82, 2.24) is 0 Å². The third-order valence-electron chi connectivity index (χ3n) is 2.47. The average Bonchev–Trinajstić information content (AvgIpc) is 2.41. The van der Waals surface area contributed by atoms with Crippen LogP contribution in [0.3, 0.4) is 0 Å². The van der Waals surface area contributed by atoms with E-state index in [-0.39, 0.29) is 6.10 Å². The van der Waals surface area contributed by atoms with Crippen molar-refractivity contribution in [2.75, 3.05) is 72.7 Å². The van der Waals surface area contributed by atoms with Gasteiger partial charge in [0.2, 0.25) is 0 Å². The Kier molecular flexibility index (Phi) is 11.3. The summed E-state index contributed by atoms with van der Waals surface area (Å²) in [4.78, 5) is 0. The summed E-state index contributed by atoms with van der Waals surface area (Å²) in [7, 11) is 0. The lowest BCUT2D eigenvalue weighted by Crippen LogP contribution is -2.21. The van der Waals surface area contributed by atoms with Gasteiger partial charge in [0.25, 0.3) is 0 Å². The molecule has 0 aromatic heterocycles. The first-order valence-electron chi connectivity index (χ1n) is 6.90. The van der Waals surface area contributed by atoms with E-state index in [0.29, 0.717) is 72.7 Å². The summed E-state index contributed by atoms with van der Waals surface area (Å²) >= 11 is 0. The minimum atomic E-state index is 0.0714. The second-order valence-electron chi connectivity index (χ2n) is 4.21. The highest BCUT2D eigenvalue weighted by atomic mass is 16.6. The van der Waals surface area contributed by atoms with Gasteiger partial charge in [0, 0.05) is 0 Å². The van der Waals surface area contributed by atoms with E-state index in [1.165, 1.54) is 0 Å². The van der Waals surface area contributed by atoms with Crippen LogP contribution in [0.2, 0.25) is 0 Å². The standard InChI is InChI=1S/C13H26O6/c1-13-12-18-9-8-16-5-4-14-2-3-15-6-7-17-10-11-19-13/h13H,2-12H2,1H3. The lowest BCUT2D eigenvalue weighted by atomic mass is 10.4. The first-order valence-corrected chi connectivity index (χ1v) is 6.90. The van der Waals surface area contributed by atoms with E-state index in [4.69, 9.17) is 28.4 Å². The summed E-state index contributed by atoms with van der Waals surface area (Å²) in [6, 6.07) is 0. The Morgan fingerprint density at radius 2 is 0.895 bits per heavy atom. The fourth-order valence-electron chi connectivity index (χ4n) is 1.49. The third kappa shape index (κ3) is 11.3. The minimum absolute atomic E-state index is 0.0714. The summed E-state index contributed by atoms with van der Waals surface area (Å²) < 4.78 is 32.4. The van der Waals surface area contributed by atoms with Crippen molar-refractivity contribution in [2.45, 2.75) is 13.0 Å². The van der Waals surface area contributed by atoms with E-state index in [9.17, 15) is 0 Å². The van der Waals surface area contributed by atoms with Gasteiger partial charge in [0.05, 0.1) is 78.8 Å². The van der Waals surface area contributed by atoms with Gasteiger partial charge in [-0.1, -0.05) is 0 Å². The second kappa shape index (κ2) is 12.8.